The van der Waals surface area contributed by atoms with Crippen LogP contribution in [0.5, 0.6) is 0 Å². The minimum Gasteiger partial charge on any atom is -0.396 e. The molecule has 1 heterocycles. The number of aliphatic hydroxyl groups is 1. The Labute approximate surface area is 95.4 Å². The molecular weight excluding hydrogens is 212 g/mol. The second-order valence-corrected chi connectivity index (χ2v) is 4.46. The van der Waals surface area contributed by atoms with Crippen molar-refractivity contribution in [2.45, 2.75) is 19.8 Å². The first kappa shape index (κ1) is 12.4. The Hall–Kier alpha value is -0.680. The molecule has 86 valence electrons. The summed E-state index contributed by atoms with van der Waals surface area (Å²) in [5.41, 5.74) is 5.52. The van der Waals surface area contributed by atoms with Gasteiger partial charge in [-0.3, -0.25) is 4.79 Å². The predicted molar refractivity (Wildman–Crippen MR) is 62.3 cm³/mol. The van der Waals surface area contributed by atoms with E-state index in [0.717, 1.165) is 6.42 Å². The number of aliphatic hydroxyl groups excluding tert-OH is 1. The normalized spacial score (nSPS) is 22.8. The van der Waals surface area contributed by atoms with E-state index in [2.05, 4.69) is 0 Å². The number of rotatable bonds is 4. The molecule has 3 N–H and O–H groups in total. The fourth-order valence-corrected chi connectivity index (χ4v) is 2.17. The molecule has 2 atom stereocenters. The van der Waals surface area contributed by atoms with Gasteiger partial charge in [-0.15, -0.1) is 0 Å². The Morgan fingerprint density at radius 2 is 2.40 bits per heavy atom. The average molecular weight is 230 g/mol. The van der Waals surface area contributed by atoms with E-state index in [-0.39, 0.29) is 29.3 Å². The van der Waals surface area contributed by atoms with Gasteiger partial charge in [0.05, 0.1) is 10.9 Å². The van der Waals surface area contributed by atoms with Crippen LogP contribution in [0.2, 0.25) is 0 Å². The SMILES string of the molecule is CCC(C(=O)N1CCC(CO)C1)C(N)=S. The number of nitrogens with two attached hydrogens (primary N) is 1. The molecule has 0 aromatic heterocycles. The Kier molecular flexibility index (Phi) is 4.47. The van der Waals surface area contributed by atoms with E-state index in [0.29, 0.717) is 19.5 Å². The van der Waals surface area contributed by atoms with Crippen molar-refractivity contribution >= 4 is 23.1 Å². The predicted octanol–water partition coefficient (Wildman–Crippen LogP) is 0.140. The molecule has 4 nitrogen and oxygen atoms in total. The van der Waals surface area contributed by atoms with Crippen LogP contribution in [0.3, 0.4) is 0 Å². The number of hydrogen-bond donors (Lipinski definition) is 2. The molecule has 1 rings (SSSR count). The van der Waals surface area contributed by atoms with Gasteiger partial charge in [0.1, 0.15) is 0 Å². The van der Waals surface area contributed by atoms with Gasteiger partial charge in [-0.1, -0.05) is 19.1 Å². The quantitative estimate of drug-likeness (QED) is 0.674. The molecule has 0 radical (unpaired) electrons. The van der Waals surface area contributed by atoms with Crippen molar-refractivity contribution in [3.05, 3.63) is 0 Å². The summed E-state index contributed by atoms with van der Waals surface area (Å²) in [5.74, 6) is -0.101. The lowest BCUT2D eigenvalue weighted by molar-refractivity contribution is -0.132. The van der Waals surface area contributed by atoms with Crippen LogP contribution in [0.25, 0.3) is 0 Å². The highest BCUT2D eigenvalue weighted by Crippen LogP contribution is 2.19. The van der Waals surface area contributed by atoms with Gasteiger partial charge in [-0.25, -0.2) is 0 Å². The van der Waals surface area contributed by atoms with Crippen molar-refractivity contribution in [3.8, 4) is 0 Å². The zero-order valence-corrected chi connectivity index (χ0v) is 9.80. The van der Waals surface area contributed by atoms with Gasteiger partial charge in [-0.2, -0.15) is 0 Å². The van der Waals surface area contributed by atoms with Crippen LogP contribution in [-0.2, 0) is 4.79 Å². The van der Waals surface area contributed by atoms with Gasteiger partial charge >= 0.3 is 0 Å². The number of amides is 1. The molecule has 0 spiro atoms. The van der Waals surface area contributed by atoms with E-state index in [4.69, 9.17) is 23.1 Å². The molecule has 1 aliphatic rings. The zero-order chi connectivity index (χ0) is 11.4. The van der Waals surface area contributed by atoms with Gasteiger partial charge in [0.15, 0.2) is 0 Å². The van der Waals surface area contributed by atoms with Crippen molar-refractivity contribution in [1.29, 1.82) is 0 Å². The van der Waals surface area contributed by atoms with Gasteiger partial charge in [0.2, 0.25) is 5.91 Å². The van der Waals surface area contributed by atoms with Crippen molar-refractivity contribution in [2.75, 3.05) is 19.7 Å². The Morgan fingerprint density at radius 3 is 2.80 bits per heavy atom. The Bertz CT molecular complexity index is 258. The molecular formula is C10H18N2O2S. The highest BCUT2D eigenvalue weighted by molar-refractivity contribution is 7.80. The van der Waals surface area contributed by atoms with Crippen molar-refractivity contribution in [1.82, 2.24) is 4.90 Å². The van der Waals surface area contributed by atoms with E-state index in [1.54, 1.807) is 4.90 Å². The summed E-state index contributed by atoms with van der Waals surface area (Å²) in [7, 11) is 0. The fourth-order valence-electron chi connectivity index (χ4n) is 1.90. The summed E-state index contributed by atoms with van der Waals surface area (Å²) in [4.78, 5) is 14.0. The molecule has 0 bridgehead atoms. The van der Waals surface area contributed by atoms with Crippen LogP contribution in [0.15, 0.2) is 0 Å². The van der Waals surface area contributed by atoms with E-state index >= 15 is 0 Å². The highest BCUT2D eigenvalue weighted by Gasteiger charge is 2.30. The number of nitrogens with zero attached hydrogens (tertiary/aromatic N) is 1. The third-order valence-corrected chi connectivity index (χ3v) is 3.19. The monoisotopic (exact) mass is 230 g/mol. The number of carbonyl (C=O) groups excluding carboxylic acids is 1. The lowest BCUT2D eigenvalue weighted by Gasteiger charge is -2.21. The maximum absolute atomic E-state index is 12.0. The Morgan fingerprint density at radius 1 is 1.73 bits per heavy atom. The maximum atomic E-state index is 12.0. The van der Waals surface area contributed by atoms with Crippen molar-refractivity contribution in [2.24, 2.45) is 17.6 Å². The van der Waals surface area contributed by atoms with Crippen LogP contribution in [0.4, 0.5) is 0 Å². The van der Waals surface area contributed by atoms with Crippen LogP contribution in [-0.4, -0.2) is 40.6 Å². The van der Waals surface area contributed by atoms with Crippen molar-refractivity contribution in [3.63, 3.8) is 0 Å². The summed E-state index contributed by atoms with van der Waals surface area (Å²) in [6.45, 7) is 3.40. The molecule has 0 aromatic carbocycles. The van der Waals surface area contributed by atoms with Gasteiger partial charge < -0.3 is 15.7 Å². The third-order valence-electron chi connectivity index (χ3n) is 2.91. The van der Waals surface area contributed by atoms with E-state index in [9.17, 15) is 4.79 Å². The minimum atomic E-state index is -0.336. The van der Waals surface area contributed by atoms with E-state index in [1.165, 1.54) is 0 Å². The second-order valence-electron chi connectivity index (χ2n) is 3.98. The van der Waals surface area contributed by atoms with Gasteiger partial charge in [0.25, 0.3) is 0 Å². The molecule has 2 unspecified atom stereocenters. The first-order valence-corrected chi connectivity index (χ1v) is 5.69. The van der Waals surface area contributed by atoms with Gasteiger partial charge in [0, 0.05) is 25.6 Å². The summed E-state index contributed by atoms with van der Waals surface area (Å²) >= 11 is 4.87. The molecule has 1 aliphatic heterocycles. The fraction of sp³-hybridized carbons (Fsp3) is 0.800. The highest BCUT2D eigenvalue weighted by atomic mass is 32.1. The molecule has 5 heteroatoms. The van der Waals surface area contributed by atoms with Gasteiger partial charge in [-0.05, 0) is 12.8 Å². The number of thiocarbonyl (C=S) groups is 1. The second kappa shape index (κ2) is 5.42. The Balaban J connectivity index is 2.57. The van der Waals surface area contributed by atoms with Crippen LogP contribution < -0.4 is 5.73 Å². The standard InChI is InChI=1S/C10H18N2O2S/c1-2-8(9(11)15)10(14)12-4-3-7(5-12)6-13/h7-8,13H,2-6H2,1H3,(H2,11,15). The molecule has 1 amide bonds. The maximum Gasteiger partial charge on any atom is 0.232 e. The topological polar surface area (TPSA) is 66.6 Å². The average Bonchev–Trinajstić information content (AvgIpc) is 2.66. The van der Waals surface area contributed by atoms with E-state index in [1.807, 2.05) is 6.92 Å². The van der Waals surface area contributed by atoms with E-state index < -0.39 is 0 Å². The first-order valence-electron chi connectivity index (χ1n) is 5.29. The lowest BCUT2D eigenvalue weighted by atomic mass is 10.1. The van der Waals surface area contributed by atoms with Crippen LogP contribution in [0.1, 0.15) is 19.8 Å². The molecule has 1 fully saturated rings. The molecule has 1 saturated heterocycles. The van der Waals surface area contributed by atoms with Crippen molar-refractivity contribution < 1.29 is 9.90 Å². The molecule has 0 aliphatic carbocycles. The van der Waals surface area contributed by atoms with Crippen LogP contribution >= 0.6 is 12.2 Å². The number of likely N-dealkylation sites (tertiary alicyclic amines) is 1. The lowest BCUT2D eigenvalue weighted by Crippen LogP contribution is -2.39. The van der Waals surface area contributed by atoms with Crippen LogP contribution in [0, 0.1) is 11.8 Å². The summed E-state index contributed by atoms with van der Waals surface area (Å²) < 4.78 is 0. The first-order chi connectivity index (χ1) is 7.10. The summed E-state index contributed by atoms with van der Waals surface area (Å²) in [5, 5.41) is 8.98. The molecule has 15 heavy (non-hydrogen) atoms. The third kappa shape index (κ3) is 2.89. The minimum absolute atomic E-state index is 0.0148. The number of carbonyl (C=O) groups is 1. The summed E-state index contributed by atoms with van der Waals surface area (Å²) in [6.07, 6.45) is 1.52. The zero-order valence-electron chi connectivity index (χ0n) is 8.98. The smallest absolute Gasteiger partial charge is 0.232 e. The number of hydrogen-bond acceptors (Lipinski definition) is 3. The molecule has 0 aromatic rings. The largest absolute Gasteiger partial charge is 0.396 e. The summed E-state index contributed by atoms with van der Waals surface area (Å²) in [6, 6.07) is 0. The molecule has 0 saturated carbocycles.